The van der Waals surface area contributed by atoms with Crippen molar-refractivity contribution < 1.29 is 9.31 Å². The second kappa shape index (κ2) is 4.11. The van der Waals surface area contributed by atoms with E-state index in [1.807, 2.05) is 6.07 Å². The van der Waals surface area contributed by atoms with Crippen LogP contribution in [0.25, 0.3) is 0 Å². The van der Waals surface area contributed by atoms with E-state index >= 15 is 0 Å². The summed E-state index contributed by atoms with van der Waals surface area (Å²) >= 11 is 0. The zero-order valence-corrected chi connectivity index (χ0v) is 12.3. The predicted octanol–water partition coefficient (Wildman–Crippen LogP) is 3.60. The third-order valence-corrected chi connectivity index (χ3v) is 4.36. The molecular weight excluding hydrogens is 223 g/mol. The van der Waals surface area contributed by atoms with Crippen molar-refractivity contribution in [1.29, 1.82) is 0 Å². The van der Waals surface area contributed by atoms with Crippen LogP contribution in [0.3, 0.4) is 0 Å². The van der Waals surface area contributed by atoms with E-state index in [9.17, 15) is 0 Å². The van der Waals surface area contributed by atoms with Crippen LogP contribution in [0.5, 0.6) is 0 Å². The van der Waals surface area contributed by atoms with Gasteiger partial charge in [0.05, 0.1) is 11.2 Å². The molecule has 0 amide bonds. The molecule has 1 saturated heterocycles. The van der Waals surface area contributed by atoms with Gasteiger partial charge in [0.25, 0.3) is 0 Å². The predicted molar refractivity (Wildman–Crippen MR) is 75.6 cm³/mol. The smallest absolute Gasteiger partial charge is 0.403 e. The third kappa shape index (κ3) is 2.10. The Morgan fingerprint density at radius 3 is 1.78 bits per heavy atom. The normalized spacial score (nSPS) is 22.2. The Morgan fingerprint density at radius 1 is 0.889 bits per heavy atom. The van der Waals surface area contributed by atoms with Crippen molar-refractivity contribution in [3.05, 3.63) is 35.9 Å². The number of hydrogen-bond acceptors (Lipinski definition) is 2. The summed E-state index contributed by atoms with van der Waals surface area (Å²) in [7, 11) is -0.218. The minimum Gasteiger partial charge on any atom is -0.403 e. The molecule has 0 aliphatic carbocycles. The van der Waals surface area contributed by atoms with Gasteiger partial charge in [-0.3, -0.25) is 0 Å². The summed E-state index contributed by atoms with van der Waals surface area (Å²) in [6.45, 7) is 12.7. The number of rotatable bonds is 2. The van der Waals surface area contributed by atoms with Crippen LogP contribution in [0.15, 0.2) is 30.3 Å². The van der Waals surface area contributed by atoms with Crippen molar-refractivity contribution in [2.24, 2.45) is 0 Å². The molecule has 3 heteroatoms. The average molecular weight is 246 g/mol. The zero-order valence-electron chi connectivity index (χ0n) is 12.3. The van der Waals surface area contributed by atoms with Gasteiger partial charge >= 0.3 is 7.12 Å². The third-order valence-electron chi connectivity index (χ3n) is 4.36. The fraction of sp³-hybridized carbons (Fsp3) is 0.600. The molecule has 2 nitrogen and oxygen atoms in total. The molecule has 1 fully saturated rings. The molecule has 1 aliphatic rings. The molecule has 98 valence electrons. The molecule has 1 heterocycles. The highest BCUT2D eigenvalue weighted by molar-refractivity contribution is 6.49. The van der Waals surface area contributed by atoms with Crippen molar-refractivity contribution in [3.8, 4) is 0 Å². The van der Waals surface area contributed by atoms with Gasteiger partial charge in [-0.25, -0.2) is 0 Å². The van der Waals surface area contributed by atoms with Crippen molar-refractivity contribution in [2.75, 3.05) is 0 Å². The van der Waals surface area contributed by atoms with Crippen molar-refractivity contribution in [1.82, 2.24) is 0 Å². The molecule has 0 saturated carbocycles. The second-order valence-electron chi connectivity index (χ2n) is 6.68. The van der Waals surface area contributed by atoms with Gasteiger partial charge in [-0.2, -0.15) is 0 Å². The molecule has 0 N–H and O–H groups in total. The Hall–Kier alpha value is -0.795. The Bertz CT molecular complexity index is 407. The maximum Gasteiger partial charge on any atom is 0.468 e. The van der Waals surface area contributed by atoms with Crippen LogP contribution in [0.1, 0.15) is 47.1 Å². The van der Waals surface area contributed by atoms with E-state index in [0.29, 0.717) is 0 Å². The lowest BCUT2D eigenvalue weighted by molar-refractivity contribution is 0.00578. The first-order valence-electron chi connectivity index (χ1n) is 6.58. The van der Waals surface area contributed by atoms with Crippen molar-refractivity contribution >= 4 is 7.12 Å². The minimum absolute atomic E-state index is 0.160. The molecule has 2 rings (SSSR count). The molecule has 0 bridgehead atoms. The van der Waals surface area contributed by atoms with Crippen LogP contribution in [-0.2, 0) is 14.6 Å². The van der Waals surface area contributed by atoms with Gasteiger partial charge in [0, 0.05) is 5.31 Å². The van der Waals surface area contributed by atoms with Crippen LogP contribution in [-0.4, -0.2) is 18.3 Å². The van der Waals surface area contributed by atoms with Crippen LogP contribution in [0.2, 0.25) is 0 Å². The number of hydrogen-bond donors (Lipinski definition) is 0. The summed E-state index contributed by atoms with van der Waals surface area (Å²) in [5.41, 5.74) is 0.691. The SMILES string of the molecule is CC(C)(B1OC(C)(C)C(C)(C)O1)c1ccccc1. The van der Waals surface area contributed by atoms with Crippen molar-refractivity contribution in [3.63, 3.8) is 0 Å². The molecule has 0 atom stereocenters. The molecule has 0 spiro atoms. The van der Waals surface area contributed by atoms with Crippen molar-refractivity contribution in [2.45, 2.75) is 58.1 Å². The van der Waals surface area contributed by atoms with E-state index in [1.165, 1.54) is 5.56 Å². The zero-order chi connectivity index (χ0) is 13.6. The highest BCUT2D eigenvalue weighted by Crippen LogP contribution is 2.42. The first-order chi connectivity index (χ1) is 8.17. The lowest BCUT2D eigenvalue weighted by atomic mass is 9.56. The molecule has 1 aromatic rings. The summed E-state index contributed by atoms with van der Waals surface area (Å²) in [5.74, 6) is 0. The van der Waals surface area contributed by atoms with E-state index in [4.69, 9.17) is 9.31 Å². The lowest BCUT2D eigenvalue weighted by Crippen LogP contribution is -2.41. The van der Waals surface area contributed by atoms with Gasteiger partial charge in [0.1, 0.15) is 0 Å². The highest BCUT2D eigenvalue weighted by Gasteiger charge is 2.56. The summed E-state index contributed by atoms with van der Waals surface area (Å²) in [4.78, 5) is 0. The van der Waals surface area contributed by atoms with Gasteiger partial charge in [0.15, 0.2) is 0 Å². The van der Waals surface area contributed by atoms with E-state index in [1.54, 1.807) is 0 Å². The fourth-order valence-electron chi connectivity index (χ4n) is 2.14. The summed E-state index contributed by atoms with van der Waals surface area (Å²) in [6.07, 6.45) is 0. The van der Waals surface area contributed by atoms with Crippen LogP contribution in [0, 0.1) is 0 Å². The highest BCUT2D eigenvalue weighted by atomic mass is 16.7. The standard InChI is InChI=1S/C15H23BO2/c1-13(2,12-10-8-7-9-11-12)16-17-14(3,4)15(5,6)18-16/h7-11H,1-6H3. The quantitative estimate of drug-likeness (QED) is 0.742. The molecule has 0 radical (unpaired) electrons. The molecule has 0 aromatic heterocycles. The molecule has 18 heavy (non-hydrogen) atoms. The summed E-state index contributed by atoms with van der Waals surface area (Å²) in [6, 6.07) is 10.4. The minimum atomic E-state index is -0.274. The van der Waals surface area contributed by atoms with Gasteiger partial charge in [-0.15, -0.1) is 0 Å². The maximum absolute atomic E-state index is 6.16. The largest absolute Gasteiger partial charge is 0.468 e. The first-order valence-corrected chi connectivity index (χ1v) is 6.58. The Kier molecular flexibility index (Phi) is 3.11. The van der Waals surface area contributed by atoms with E-state index in [-0.39, 0.29) is 23.6 Å². The topological polar surface area (TPSA) is 18.5 Å². The lowest BCUT2D eigenvalue weighted by Gasteiger charge is -2.32. The van der Waals surface area contributed by atoms with E-state index in [2.05, 4.69) is 65.8 Å². The fourth-order valence-corrected chi connectivity index (χ4v) is 2.14. The Labute approximate surface area is 111 Å². The monoisotopic (exact) mass is 246 g/mol. The summed E-state index contributed by atoms with van der Waals surface area (Å²) < 4.78 is 12.3. The van der Waals surface area contributed by atoms with Crippen LogP contribution >= 0.6 is 0 Å². The molecule has 1 aliphatic heterocycles. The Balaban J connectivity index is 2.29. The van der Waals surface area contributed by atoms with Crippen LogP contribution < -0.4 is 0 Å². The van der Waals surface area contributed by atoms with Gasteiger partial charge in [0.2, 0.25) is 0 Å². The molecule has 0 unspecified atom stereocenters. The number of benzene rings is 1. The van der Waals surface area contributed by atoms with Crippen LogP contribution in [0.4, 0.5) is 0 Å². The van der Waals surface area contributed by atoms with Gasteiger partial charge in [-0.05, 0) is 33.3 Å². The van der Waals surface area contributed by atoms with Gasteiger partial charge in [-0.1, -0.05) is 44.2 Å². The van der Waals surface area contributed by atoms with E-state index in [0.717, 1.165) is 0 Å². The first kappa shape index (κ1) is 13.6. The molecular formula is C15H23BO2. The Morgan fingerprint density at radius 2 is 1.33 bits per heavy atom. The maximum atomic E-state index is 6.16. The average Bonchev–Trinajstić information content (AvgIpc) is 2.50. The second-order valence-corrected chi connectivity index (χ2v) is 6.68. The molecule has 1 aromatic carbocycles. The summed E-state index contributed by atoms with van der Waals surface area (Å²) in [5, 5.41) is -0.160. The van der Waals surface area contributed by atoms with E-state index < -0.39 is 0 Å². The van der Waals surface area contributed by atoms with Gasteiger partial charge < -0.3 is 9.31 Å².